The lowest BCUT2D eigenvalue weighted by Gasteiger charge is -2.24. The Morgan fingerprint density at radius 3 is 2.86 bits per heavy atom. The van der Waals surface area contributed by atoms with Crippen LogP contribution in [-0.2, 0) is 22.4 Å². The Bertz CT molecular complexity index is 751. The molecular formula is C18H19NO3. The predicted octanol–water partition coefficient (Wildman–Crippen LogP) is 3.11. The molecule has 1 heterocycles. The van der Waals surface area contributed by atoms with Crippen molar-refractivity contribution in [3.8, 4) is 0 Å². The normalized spacial score (nSPS) is 17.1. The Morgan fingerprint density at radius 2 is 2.09 bits per heavy atom. The molecule has 0 saturated carbocycles. The second-order valence-electron chi connectivity index (χ2n) is 6.06. The number of nitrogens with zero attached hydrogens (tertiary/aromatic N) is 1. The molecule has 0 spiro atoms. The van der Waals surface area contributed by atoms with Crippen LogP contribution in [0.2, 0.25) is 0 Å². The molecule has 1 aromatic heterocycles. The average Bonchev–Trinajstić information content (AvgIpc) is 2.50. The second kappa shape index (κ2) is 5.87. The molecule has 1 atom stereocenters. The molecule has 1 aromatic carbocycles. The average molecular weight is 297 g/mol. The maximum absolute atomic E-state index is 12.5. The number of para-hydroxylation sites is 1. The van der Waals surface area contributed by atoms with Crippen molar-refractivity contribution in [2.45, 2.75) is 33.1 Å². The predicted molar refractivity (Wildman–Crippen MR) is 83.9 cm³/mol. The molecule has 0 N–H and O–H groups in total. The van der Waals surface area contributed by atoms with Gasteiger partial charge in [-0.2, -0.15) is 0 Å². The van der Waals surface area contributed by atoms with E-state index in [1.165, 1.54) is 6.92 Å². The minimum atomic E-state index is -0.417. The molecular weight excluding hydrogens is 278 g/mol. The van der Waals surface area contributed by atoms with Gasteiger partial charge in [0, 0.05) is 11.1 Å². The number of hydrogen-bond donors (Lipinski definition) is 0. The minimum absolute atomic E-state index is 0.158. The molecule has 0 aliphatic heterocycles. The van der Waals surface area contributed by atoms with Crippen LogP contribution in [0.4, 0.5) is 0 Å². The molecule has 114 valence electrons. The third-order valence-electron chi connectivity index (χ3n) is 4.12. The number of benzene rings is 1. The summed E-state index contributed by atoms with van der Waals surface area (Å²) in [5, 5.41) is 0.809. The molecule has 0 saturated heterocycles. The third-order valence-corrected chi connectivity index (χ3v) is 4.12. The van der Waals surface area contributed by atoms with Gasteiger partial charge in [-0.3, -0.25) is 9.78 Å². The van der Waals surface area contributed by atoms with Gasteiger partial charge < -0.3 is 4.74 Å². The molecule has 0 fully saturated rings. The maximum atomic E-state index is 12.5. The SMILES string of the molecule is CC(=O)COC(=O)c1c2c(nc3ccccc13)CC[C@H](C)C2. The standard InChI is InChI=1S/C18H19NO3/c1-11-7-8-16-14(9-11)17(18(21)22-10-12(2)20)13-5-3-4-6-15(13)19-16/h3-6,11H,7-10H2,1-2H3/t11-/m0/s1. The molecule has 0 bridgehead atoms. The van der Waals surface area contributed by atoms with Crippen LogP contribution < -0.4 is 0 Å². The summed E-state index contributed by atoms with van der Waals surface area (Å²) in [5.74, 6) is -0.0529. The Hall–Kier alpha value is -2.23. The Labute approximate surface area is 129 Å². The van der Waals surface area contributed by atoms with Crippen LogP contribution in [0, 0.1) is 5.92 Å². The first kappa shape index (κ1) is 14.7. The van der Waals surface area contributed by atoms with E-state index in [1.54, 1.807) is 0 Å². The minimum Gasteiger partial charge on any atom is -0.454 e. The van der Waals surface area contributed by atoms with E-state index in [2.05, 4.69) is 6.92 Å². The van der Waals surface area contributed by atoms with Crippen LogP contribution in [-0.4, -0.2) is 23.3 Å². The summed E-state index contributed by atoms with van der Waals surface area (Å²) in [6.45, 7) is 3.41. The number of Topliss-reactive ketones (excluding diaryl/α,β-unsaturated/α-hetero) is 1. The third kappa shape index (κ3) is 2.73. The maximum Gasteiger partial charge on any atom is 0.339 e. The number of fused-ring (bicyclic) bond motifs is 2. The Kier molecular flexibility index (Phi) is 3.92. The summed E-state index contributed by atoms with van der Waals surface area (Å²) in [5.41, 5.74) is 3.39. The zero-order valence-corrected chi connectivity index (χ0v) is 12.9. The van der Waals surface area contributed by atoms with Crippen LogP contribution in [0.1, 0.15) is 41.9 Å². The van der Waals surface area contributed by atoms with Crippen molar-refractivity contribution < 1.29 is 14.3 Å². The monoisotopic (exact) mass is 297 g/mol. The molecule has 0 amide bonds. The van der Waals surface area contributed by atoms with Crippen molar-refractivity contribution in [3.63, 3.8) is 0 Å². The summed E-state index contributed by atoms with van der Waals surface area (Å²) < 4.78 is 5.18. The van der Waals surface area contributed by atoms with Gasteiger partial charge in [0.15, 0.2) is 5.78 Å². The van der Waals surface area contributed by atoms with Gasteiger partial charge in [0.25, 0.3) is 0 Å². The van der Waals surface area contributed by atoms with Crippen LogP contribution in [0.15, 0.2) is 24.3 Å². The summed E-state index contributed by atoms with van der Waals surface area (Å²) in [6.07, 6.45) is 2.80. The highest BCUT2D eigenvalue weighted by atomic mass is 16.5. The molecule has 0 radical (unpaired) electrons. The summed E-state index contributed by atoms with van der Waals surface area (Å²) in [4.78, 5) is 28.3. The van der Waals surface area contributed by atoms with Crippen LogP contribution in [0.25, 0.3) is 10.9 Å². The van der Waals surface area contributed by atoms with Crippen molar-refractivity contribution in [1.82, 2.24) is 4.98 Å². The van der Waals surface area contributed by atoms with Gasteiger partial charge >= 0.3 is 5.97 Å². The van der Waals surface area contributed by atoms with Crippen LogP contribution >= 0.6 is 0 Å². The Morgan fingerprint density at radius 1 is 1.32 bits per heavy atom. The number of aryl methyl sites for hydroxylation is 1. The number of carbonyl (C=O) groups is 2. The number of aromatic nitrogens is 1. The number of ether oxygens (including phenoxy) is 1. The molecule has 3 rings (SSSR count). The topological polar surface area (TPSA) is 56.3 Å². The number of pyridine rings is 1. The number of rotatable bonds is 3. The molecule has 1 aliphatic rings. The summed E-state index contributed by atoms with van der Waals surface area (Å²) in [7, 11) is 0. The van der Waals surface area contributed by atoms with E-state index in [0.717, 1.165) is 41.4 Å². The number of carbonyl (C=O) groups excluding carboxylic acids is 2. The van der Waals surface area contributed by atoms with Gasteiger partial charge in [0.1, 0.15) is 6.61 Å². The number of ketones is 1. The van der Waals surface area contributed by atoms with Gasteiger partial charge in [0.2, 0.25) is 0 Å². The van der Waals surface area contributed by atoms with E-state index in [0.29, 0.717) is 11.5 Å². The Balaban J connectivity index is 2.14. The first-order valence-corrected chi connectivity index (χ1v) is 7.63. The van der Waals surface area contributed by atoms with E-state index in [1.807, 2.05) is 24.3 Å². The fraction of sp³-hybridized carbons (Fsp3) is 0.389. The number of esters is 1. The van der Waals surface area contributed by atoms with Crippen molar-refractivity contribution >= 4 is 22.7 Å². The van der Waals surface area contributed by atoms with Crippen LogP contribution in [0.3, 0.4) is 0 Å². The lowest BCUT2D eigenvalue weighted by Crippen LogP contribution is -2.20. The lowest BCUT2D eigenvalue weighted by molar-refractivity contribution is -0.120. The molecule has 0 unspecified atom stereocenters. The number of hydrogen-bond acceptors (Lipinski definition) is 4. The first-order chi connectivity index (χ1) is 10.6. The highest BCUT2D eigenvalue weighted by molar-refractivity contribution is 6.05. The van der Waals surface area contributed by atoms with Crippen molar-refractivity contribution in [2.75, 3.05) is 6.61 Å². The van der Waals surface area contributed by atoms with Gasteiger partial charge in [-0.05, 0) is 43.7 Å². The molecule has 1 aliphatic carbocycles. The zero-order chi connectivity index (χ0) is 15.7. The summed E-state index contributed by atoms with van der Waals surface area (Å²) >= 11 is 0. The van der Waals surface area contributed by atoms with E-state index in [4.69, 9.17) is 9.72 Å². The van der Waals surface area contributed by atoms with Crippen LogP contribution in [0.5, 0.6) is 0 Å². The first-order valence-electron chi connectivity index (χ1n) is 7.63. The van der Waals surface area contributed by atoms with Crippen molar-refractivity contribution in [3.05, 3.63) is 41.1 Å². The molecule has 4 heteroatoms. The van der Waals surface area contributed by atoms with E-state index >= 15 is 0 Å². The van der Waals surface area contributed by atoms with Gasteiger partial charge in [-0.25, -0.2) is 4.79 Å². The highest BCUT2D eigenvalue weighted by Gasteiger charge is 2.26. The fourth-order valence-electron chi connectivity index (χ4n) is 3.04. The quantitative estimate of drug-likeness (QED) is 0.817. The van der Waals surface area contributed by atoms with Crippen molar-refractivity contribution in [1.29, 1.82) is 0 Å². The lowest BCUT2D eigenvalue weighted by atomic mass is 9.84. The molecule has 2 aromatic rings. The van der Waals surface area contributed by atoms with Crippen molar-refractivity contribution in [2.24, 2.45) is 5.92 Å². The van der Waals surface area contributed by atoms with E-state index in [9.17, 15) is 9.59 Å². The molecule has 4 nitrogen and oxygen atoms in total. The molecule has 22 heavy (non-hydrogen) atoms. The van der Waals surface area contributed by atoms with Gasteiger partial charge in [-0.1, -0.05) is 25.1 Å². The fourth-order valence-corrected chi connectivity index (χ4v) is 3.04. The van der Waals surface area contributed by atoms with Gasteiger partial charge in [0.05, 0.1) is 11.1 Å². The highest BCUT2D eigenvalue weighted by Crippen LogP contribution is 2.31. The van der Waals surface area contributed by atoms with Gasteiger partial charge in [-0.15, -0.1) is 0 Å². The summed E-state index contributed by atoms with van der Waals surface area (Å²) in [6, 6.07) is 7.62. The smallest absolute Gasteiger partial charge is 0.339 e. The van der Waals surface area contributed by atoms with E-state index < -0.39 is 5.97 Å². The second-order valence-corrected chi connectivity index (χ2v) is 6.06. The zero-order valence-electron chi connectivity index (χ0n) is 12.9. The largest absolute Gasteiger partial charge is 0.454 e. The van der Waals surface area contributed by atoms with E-state index in [-0.39, 0.29) is 12.4 Å².